The largest absolute Gasteiger partial charge is 0.466 e. The second-order valence-electron chi connectivity index (χ2n) is 5.81. The van der Waals surface area contributed by atoms with Crippen LogP contribution in [0.5, 0.6) is 0 Å². The predicted octanol–water partition coefficient (Wildman–Crippen LogP) is 2.56. The number of furan rings is 1. The minimum atomic E-state index is -0.0942. The third-order valence-electron chi connectivity index (χ3n) is 4.01. The third-order valence-corrected chi connectivity index (χ3v) is 4.92. The maximum Gasteiger partial charge on any atom is 0.273 e. The molecule has 2 aromatic heterocycles. The van der Waals surface area contributed by atoms with Crippen LogP contribution in [0.4, 0.5) is 0 Å². The number of hydrogen-bond donors (Lipinski definition) is 1. The first-order valence-corrected chi connectivity index (χ1v) is 8.52. The maximum atomic E-state index is 12.6. The van der Waals surface area contributed by atoms with Crippen molar-refractivity contribution in [3.05, 3.63) is 39.7 Å². The number of aryl methyl sites for hydroxylation is 2. The van der Waals surface area contributed by atoms with Gasteiger partial charge in [0.15, 0.2) is 0 Å². The first-order chi connectivity index (χ1) is 10.6. The molecule has 3 rings (SSSR count). The zero-order valence-corrected chi connectivity index (χ0v) is 13.7. The summed E-state index contributed by atoms with van der Waals surface area (Å²) in [5, 5.41) is 2.87. The molecule has 118 valence electrons. The summed E-state index contributed by atoms with van der Waals surface area (Å²) in [6.45, 7) is 5.16. The van der Waals surface area contributed by atoms with E-state index in [1.165, 1.54) is 0 Å². The normalized spacial score (nSPS) is 21.5. The fraction of sp³-hybridized carbons (Fsp3) is 0.500. The zero-order chi connectivity index (χ0) is 15.7. The highest BCUT2D eigenvalue weighted by atomic mass is 32.1. The standard InChI is InChI=1S/C16H21N3O2S/c1-3-4-15-18-13(9-22-15)16(20)19-7-11(12(17)8-19)14-6-5-10(2)21-14/h5-6,9,11-12H,3-4,7-8,17H2,1-2H3/t11-,12-/m0/s1. The molecule has 6 heteroatoms. The monoisotopic (exact) mass is 319 g/mol. The Morgan fingerprint density at radius 2 is 2.32 bits per heavy atom. The minimum Gasteiger partial charge on any atom is -0.466 e. The Morgan fingerprint density at radius 1 is 1.50 bits per heavy atom. The molecule has 1 aliphatic heterocycles. The van der Waals surface area contributed by atoms with Crippen molar-refractivity contribution < 1.29 is 9.21 Å². The van der Waals surface area contributed by atoms with Gasteiger partial charge in [-0.25, -0.2) is 4.98 Å². The summed E-state index contributed by atoms with van der Waals surface area (Å²) in [7, 11) is 0. The van der Waals surface area contributed by atoms with E-state index >= 15 is 0 Å². The molecule has 0 saturated carbocycles. The molecule has 2 N–H and O–H groups in total. The van der Waals surface area contributed by atoms with Gasteiger partial charge in [0.05, 0.1) is 10.9 Å². The van der Waals surface area contributed by atoms with Crippen molar-refractivity contribution in [2.45, 2.75) is 38.6 Å². The van der Waals surface area contributed by atoms with Crippen LogP contribution in [0.3, 0.4) is 0 Å². The summed E-state index contributed by atoms with van der Waals surface area (Å²) in [5.74, 6) is 1.77. The van der Waals surface area contributed by atoms with E-state index in [4.69, 9.17) is 10.2 Å². The molecule has 1 fully saturated rings. The molecule has 0 aromatic carbocycles. The van der Waals surface area contributed by atoms with Crippen molar-refractivity contribution in [1.29, 1.82) is 0 Å². The molecule has 2 aromatic rings. The first kappa shape index (κ1) is 15.2. The lowest BCUT2D eigenvalue weighted by Gasteiger charge is -2.14. The molecule has 1 saturated heterocycles. The molecule has 0 spiro atoms. The van der Waals surface area contributed by atoms with Crippen LogP contribution in [0.25, 0.3) is 0 Å². The van der Waals surface area contributed by atoms with Gasteiger partial charge in [0.2, 0.25) is 0 Å². The topological polar surface area (TPSA) is 72.4 Å². The molecule has 0 unspecified atom stereocenters. The van der Waals surface area contributed by atoms with Gasteiger partial charge < -0.3 is 15.1 Å². The molecule has 1 amide bonds. The van der Waals surface area contributed by atoms with Gasteiger partial charge in [-0.3, -0.25) is 4.79 Å². The van der Waals surface area contributed by atoms with Gasteiger partial charge in [0.1, 0.15) is 17.2 Å². The van der Waals surface area contributed by atoms with Crippen molar-refractivity contribution in [2.75, 3.05) is 13.1 Å². The smallest absolute Gasteiger partial charge is 0.273 e. The van der Waals surface area contributed by atoms with Crippen molar-refractivity contribution in [2.24, 2.45) is 5.73 Å². The van der Waals surface area contributed by atoms with Gasteiger partial charge >= 0.3 is 0 Å². The summed E-state index contributed by atoms with van der Waals surface area (Å²) in [6, 6.07) is 3.79. The lowest BCUT2D eigenvalue weighted by molar-refractivity contribution is 0.0783. The Bertz CT molecular complexity index is 664. The average Bonchev–Trinajstić information content (AvgIpc) is 3.19. The van der Waals surface area contributed by atoms with Crippen molar-refractivity contribution in [1.82, 2.24) is 9.88 Å². The predicted molar refractivity (Wildman–Crippen MR) is 86.2 cm³/mol. The van der Waals surface area contributed by atoms with Crippen LogP contribution in [0.1, 0.15) is 46.3 Å². The van der Waals surface area contributed by atoms with Gasteiger partial charge in [-0.1, -0.05) is 6.92 Å². The van der Waals surface area contributed by atoms with Crippen LogP contribution in [0, 0.1) is 6.92 Å². The van der Waals surface area contributed by atoms with E-state index in [2.05, 4.69) is 11.9 Å². The SMILES string of the molecule is CCCc1nc(C(=O)N2C[C@H](c3ccc(C)o3)[C@@H](N)C2)cs1. The van der Waals surface area contributed by atoms with Crippen molar-refractivity contribution in [3.63, 3.8) is 0 Å². The highest BCUT2D eigenvalue weighted by Gasteiger charge is 2.36. The summed E-state index contributed by atoms with van der Waals surface area (Å²) >= 11 is 1.55. The van der Waals surface area contributed by atoms with Gasteiger partial charge in [-0.2, -0.15) is 0 Å². The van der Waals surface area contributed by atoms with E-state index in [9.17, 15) is 4.79 Å². The van der Waals surface area contributed by atoms with E-state index < -0.39 is 0 Å². The van der Waals surface area contributed by atoms with Gasteiger partial charge in [0.25, 0.3) is 5.91 Å². The number of carbonyl (C=O) groups excluding carboxylic acids is 1. The fourth-order valence-electron chi connectivity index (χ4n) is 2.85. The van der Waals surface area contributed by atoms with Crippen LogP contribution in [0.2, 0.25) is 0 Å². The van der Waals surface area contributed by atoms with Crippen LogP contribution in [-0.4, -0.2) is 34.9 Å². The zero-order valence-electron chi connectivity index (χ0n) is 12.9. The lowest BCUT2D eigenvalue weighted by atomic mass is 10.0. The molecule has 0 radical (unpaired) electrons. The molecular weight excluding hydrogens is 298 g/mol. The number of hydrogen-bond acceptors (Lipinski definition) is 5. The number of nitrogens with two attached hydrogens (primary N) is 1. The third kappa shape index (κ3) is 2.94. The van der Waals surface area contributed by atoms with Crippen molar-refractivity contribution in [3.8, 4) is 0 Å². The lowest BCUT2D eigenvalue weighted by Crippen LogP contribution is -2.32. The Hall–Kier alpha value is -1.66. The fourth-order valence-corrected chi connectivity index (χ4v) is 3.72. The highest BCUT2D eigenvalue weighted by molar-refractivity contribution is 7.09. The number of likely N-dealkylation sites (tertiary alicyclic amines) is 1. The summed E-state index contributed by atoms with van der Waals surface area (Å²) in [6.07, 6.45) is 1.96. The number of nitrogens with zero attached hydrogens (tertiary/aromatic N) is 2. The molecule has 3 heterocycles. The first-order valence-electron chi connectivity index (χ1n) is 7.64. The van der Waals surface area contributed by atoms with Gasteiger partial charge in [-0.05, 0) is 31.9 Å². The average molecular weight is 319 g/mol. The Labute approximate surface area is 134 Å². The van der Waals surface area contributed by atoms with Crippen LogP contribution in [-0.2, 0) is 6.42 Å². The number of aromatic nitrogens is 1. The number of rotatable bonds is 4. The summed E-state index contributed by atoms with van der Waals surface area (Å²) < 4.78 is 5.68. The van der Waals surface area contributed by atoms with Crippen LogP contribution in [0.15, 0.2) is 21.9 Å². The van der Waals surface area contributed by atoms with Crippen LogP contribution >= 0.6 is 11.3 Å². The van der Waals surface area contributed by atoms with E-state index in [1.807, 2.05) is 24.4 Å². The van der Waals surface area contributed by atoms with E-state index in [0.717, 1.165) is 29.4 Å². The molecule has 5 nitrogen and oxygen atoms in total. The molecule has 2 atom stereocenters. The molecule has 1 aliphatic rings. The maximum absolute atomic E-state index is 12.6. The molecular formula is C16H21N3O2S. The molecule has 0 aliphatic carbocycles. The highest BCUT2D eigenvalue weighted by Crippen LogP contribution is 2.29. The number of amides is 1. The molecule has 0 bridgehead atoms. The Kier molecular flexibility index (Phi) is 4.31. The van der Waals surface area contributed by atoms with Gasteiger partial charge in [0, 0.05) is 24.5 Å². The minimum absolute atomic E-state index is 0.0279. The van der Waals surface area contributed by atoms with Crippen molar-refractivity contribution >= 4 is 17.2 Å². The second-order valence-corrected chi connectivity index (χ2v) is 6.75. The van der Waals surface area contributed by atoms with Gasteiger partial charge in [-0.15, -0.1) is 11.3 Å². The van der Waals surface area contributed by atoms with E-state index in [-0.39, 0.29) is 17.9 Å². The second kappa shape index (κ2) is 6.22. The quantitative estimate of drug-likeness (QED) is 0.940. The number of carbonyl (C=O) groups is 1. The Morgan fingerprint density at radius 3 is 3.00 bits per heavy atom. The number of thiazole rings is 1. The van der Waals surface area contributed by atoms with E-state index in [0.29, 0.717) is 18.8 Å². The van der Waals surface area contributed by atoms with Crippen LogP contribution < -0.4 is 5.73 Å². The summed E-state index contributed by atoms with van der Waals surface area (Å²) in [5.41, 5.74) is 6.75. The Balaban J connectivity index is 1.71. The van der Waals surface area contributed by atoms with E-state index in [1.54, 1.807) is 16.2 Å². The molecule has 22 heavy (non-hydrogen) atoms. The summed E-state index contributed by atoms with van der Waals surface area (Å²) in [4.78, 5) is 18.8.